The highest BCUT2D eigenvalue weighted by molar-refractivity contribution is 8.32. The molecule has 0 atom stereocenters. The minimum atomic E-state index is -4.14. The third-order valence-corrected chi connectivity index (χ3v) is 9.72. The zero-order valence-electron chi connectivity index (χ0n) is 16.4. The molecule has 0 aromatic heterocycles. The molecule has 0 aliphatic carbocycles. The number of hydrogen-bond acceptors (Lipinski definition) is 7. The van der Waals surface area contributed by atoms with Gasteiger partial charge in [0, 0.05) is 17.3 Å². The number of aryl methyl sites for hydroxylation is 1. The average molecular weight is 443 g/mol. The Balaban J connectivity index is 2.46. The molecule has 0 radical (unpaired) electrons. The molecule has 0 fully saturated rings. The van der Waals surface area contributed by atoms with E-state index in [1.54, 1.807) is 36.4 Å². The molecule has 29 heavy (non-hydrogen) atoms. The van der Waals surface area contributed by atoms with Crippen molar-refractivity contribution in [3.05, 3.63) is 65.2 Å². The van der Waals surface area contributed by atoms with E-state index in [1.165, 1.54) is 19.2 Å². The molecule has 9 heteroatoms. The summed E-state index contributed by atoms with van der Waals surface area (Å²) in [5.41, 5.74) is 1.73. The van der Waals surface area contributed by atoms with E-state index in [9.17, 15) is 23.4 Å². The van der Waals surface area contributed by atoms with E-state index < -0.39 is 26.4 Å². The van der Waals surface area contributed by atoms with Gasteiger partial charge in [-0.1, -0.05) is 35.9 Å². The van der Waals surface area contributed by atoms with Gasteiger partial charge in [-0.25, -0.2) is 8.42 Å². The largest absolute Gasteiger partial charge is 0.465 e. The molecule has 160 valence electrons. The van der Waals surface area contributed by atoms with E-state index in [0.29, 0.717) is 11.1 Å². The monoisotopic (exact) mass is 442 g/mol. The topological polar surface area (TPSA) is 110 Å². The van der Waals surface area contributed by atoms with Gasteiger partial charge in [-0.3, -0.25) is 0 Å². The van der Waals surface area contributed by atoms with Crippen LogP contribution in [0, 0.1) is 6.92 Å². The molecule has 7 nitrogen and oxygen atoms in total. The summed E-state index contributed by atoms with van der Waals surface area (Å²) in [5, 5.41) is 19.2. The lowest BCUT2D eigenvalue weighted by Gasteiger charge is -2.38. The highest BCUT2D eigenvalue weighted by atomic mass is 32.3. The van der Waals surface area contributed by atoms with Gasteiger partial charge < -0.3 is 14.9 Å². The fraction of sp³-hybridized carbons (Fsp3) is 0.350. The van der Waals surface area contributed by atoms with Crippen LogP contribution in [0.1, 0.15) is 21.5 Å². The summed E-state index contributed by atoms with van der Waals surface area (Å²) in [4.78, 5) is 12.1. The quantitative estimate of drug-likeness (QED) is 0.544. The molecule has 2 aromatic rings. The van der Waals surface area contributed by atoms with Gasteiger partial charge in [0.15, 0.2) is 0 Å². The maximum absolute atomic E-state index is 12.9. The lowest BCUT2D eigenvalue weighted by Crippen LogP contribution is -2.24. The molecule has 0 heterocycles. The second-order valence-corrected chi connectivity index (χ2v) is 11.4. The van der Waals surface area contributed by atoms with Crippen LogP contribution in [0.15, 0.2) is 53.4 Å². The Labute approximate surface area is 172 Å². The molecule has 0 bridgehead atoms. The van der Waals surface area contributed by atoms with E-state index >= 15 is 0 Å². The highest BCUT2D eigenvalue weighted by Gasteiger charge is 2.33. The number of carbonyl (C=O) groups is 1. The lowest BCUT2D eigenvalue weighted by atomic mass is 10.1. The molecule has 2 rings (SSSR count). The van der Waals surface area contributed by atoms with Crippen molar-refractivity contribution in [1.29, 1.82) is 0 Å². The summed E-state index contributed by atoms with van der Waals surface area (Å²) < 4.78 is 36.3. The van der Waals surface area contributed by atoms with Crippen LogP contribution in [-0.2, 0) is 24.2 Å². The molecular weight excluding hydrogens is 416 g/mol. The second-order valence-electron chi connectivity index (χ2n) is 6.45. The number of aliphatic hydroxyl groups excluding tert-OH is 2. The summed E-state index contributed by atoms with van der Waals surface area (Å²) in [6.07, 6.45) is 0. The minimum Gasteiger partial charge on any atom is -0.465 e. The van der Waals surface area contributed by atoms with Gasteiger partial charge in [0.05, 0.1) is 30.8 Å². The van der Waals surface area contributed by atoms with Crippen LogP contribution in [0.2, 0.25) is 0 Å². The Kier molecular flexibility index (Phi) is 8.23. The Morgan fingerprint density at radius 3 is 2.10 bits per heavy atom. The molecule has 2 N–H and O–H groups in total. The van der Waals surface area contributed by atoms with Crippen molar-refractivity contribution in [2.45, 2.75) is 17.6 Å². The molecule has 0 unspecified atom stereocenters. The molecule has 0 amide bonds. The second kappa shape index (κ2) is 10.2. The number of methoxy groups -OCH3 is 1. The van der Waals surface area contributed by atoms with Crippen LogP contribution in [0.3, 0.4) is 0 Å². The first kappa shape index (κ1) is 23.4. The van der Waals surface area contributed by atoms with Crippen LogP contribution in [0.4, 0.5) is 0 Å². The number of hydrogen-bond donors (Lipinski definition) is 2. The zero-order chi connectivity index (χ0) is 21.5. The van der Waals surface area contributed by atoms with Gasteiger partial charge in [0.25, 0.3) is 0 Å². The number of esters is 1. The third-order valence-electron chi connectivity index (χ3n) is 4.31. The van der Waals surface area contributed by atoms with Gasteiger partial charge >= 0.3 is 16.1 Å². The van der Waals surface area contributed by atoms with E-state index in [4.69, 9.17) is 8.37 Å². The SMILES string of the molecule is COC(=O)c1ccccc1CS(CCO)(CCO)OS(=O)(=O)c1ccc(C)cc1. The Bertz CT molecular complexity index is 918. The number of carbonyl (C=O) groups excluding carboxylic acids is 1. The van der Waals surface area contributed by atoms with E-state index in [1.807, 2.05) is 6.92 Å². The highest BCUT2D eigenvalue weighted by Crippen LogP contribution is 2.54. The number of aliphatic hydroxyl groups is 2. The van der Waals surface area contributed by atoms with Crippen molar-refractivity contribution in [1.82, 2.24) is 0 Å². The summed E-state index contributed by atoms with van der Waals surface area (Å²) in [6, 6.07) is 12.9. The normalized spacial score (nSPS) is 12.6. The summed E-state index contributed by atoms with van der Waals surface area (Å²) in [7, 11) is -5.40. The van der Waals surface area contributed by atoms with E-state index in [0.717, 1.165) is 5.56 Å². The molecule has 0 spiro atoms. The fourth-order valence-corrected chi connectivity index (χ4v) is 7.86. The van der Waals surface area contributed by atoms with Crippen LogP contribution in [0.25, 0.3) is 0 Å². The lowest BCUT2D eigenvalue weighted by molar-refractivity contribution is 0.0600. The number of ether oxygens (including phenoxy) is 1. The first-order valence-corrected chi connectivity index (χ1v) is 12.4. The van der Waals surface area contributed by atoms with Crippen molar-refractivity contribution in [3.63, 3.8) is 0 Å². The molecule has 0 aliphatic heterocycles. The molecule has 2 aromatic carbocycles. The predicted octanol–water partition coefficient (Wildman–Crippen LogP) is 2.39. The van der Waals surface area contributed by atoms with Crippen LogP contribution >= 0.6 is 10.3 Å². The van der Waals surface area contributed by atoms with Crippen LogP contribution < -0.4 is 0 Å². The van der Waals surface area contributed by atoms with Gasteiger partial charge in [0.2, 0.25) is 0 Å². The van der Waals surface area contributed by atoms with Gasteiger partial charge in [-0.2, -0.15) is 8.42 Å². The molecule has 0 aliphatic rings. The number of rotatable bonds is 10. The van der Waals surface area contributed by atoms with E-state index in [-0.39, 0.29) is 35.4 Å². The molecular formula is C20H26O7S2. The molecule has 0 saturated carbocycles. The van der Waals surface area contributed by atoms with Crippen LogP contribution in [-0.4, -0.2) is 56.4 Å². The van der Waals surface area contributed by atoms with Crippen molar-refractivity contribution in [2.75, 3.05) is 31.8 Å². The average Bonchev–Trinajstić information content (AvgIpc) is 2.68. The zero-order valence-corrected chi connectivity index (χ0v) is 18.0. The summed E-state index contributed by atoms with van der Waals surface area (Å²) >= 11 is 0. The maximum atomic E-state index is 12.9. The summed E-state index contributed by atoms with van der Waals surface area (Å²) in [6.45, 7) is 1.20. The summed E-state index contributed by atoms with van der Waals surface area (Å²) in [5.74, 6) is -0.407. The van der Waals surface area contributed by atoms with Gasteiger partial charge in [-0.05, 0) is 30.7 Å². The standard InChI is InChI=1S/C20H26O7S2/c1-16-7-9-18(10-8-16)29(24,25)27-28(13-11-21,14-12-22)15-17-5-3-4-6-19(17)20(23)26-2/h3-10,21-22H,11-15H2,1-2H3. The fourth-order valence-electron chi connectivity index (χ4n) is 2.84. The Morgan fingerprint density at radius 2 is 1.55 bits per heavy atom. The van der Waals surface area contributed by atoms with Gasteiger partial charge in [-0.15, -0.1) is 10.3 Å². The van der Waals surface area contributed by atoms with Crippen molar-refractivity contribution >= 4 is 26.4 Å². The third kappa shape index (κ3) is 6.03. The molecule has 0 saturated heterocycles. The number of benzene rings is 2. The first-order valence-electron chi connectivity index (χ1n) is 8.94. The smallest absolute Gasteiger partial charge is 0.338 e. The van der Waals surface area contributed by atoms with E-state index in [2.05, 4.69) is 0 Å². The predicted molar refractivity (Wildman–Crippen MR) is 112 cm³/mol. The first-order chi connectivity index (χ1) is 13.8. The Morgan fingerprint density at radius 1 is 0.966 bits per heavy atom. The van der Waals surface area contributed by atoms with Gasteiger partial charge in [0.1, 0.15) is 0 Å². The minimum absolute atomic E-state index is 0.00268. The van der Waals surface area contributed by atoms with Crippen molar-refractivity contribution in [2.24, 2.45) is 0 Å². The van der Waals surface area contributed by atoms with Crippen LogP contribution in [0.5, 0.6) is 0 Å². The maximum Gasteiger partial charge on any atom is 0.338 e. The van der Waals surface area contributed by atoms with Crippen molar-refractivity contribution in [3.8, 4) is 0 Å². The van der Waals surface area contributed by atoms with Crippen molar-refractivity contribution < 1.29 is 31.8 Å². The Hall–Kier alpha value is -1.91.